The summed E-state index contributed by atoms with van der Waals surface area (Å²) < 4.78 is 0. The first kappa shape index (κ1) is 11.0. The molecule has 2 nitrogen and oxygen atoms in total. The molecular formula is C14H18N2S. The minimum Gasteiger partial charge on any atom is -0.359 e. The van der Waals surface area contributed by atoms with E-state index in [4.69, 9.17) is 12.2 Å². The number of anilines is 1. The van der Waals surface area contributed by atoms with Gasteiger partial charge in [0.05, 0.1) is 0 Å². The van der Waals surface area contributed by atoms with Crippen LogP contribution in [0, 0.1) is 11.8 Å². The zero-order valence-corrected chi connectivity index (χ0v) is 10.7. The molecule has 0 aromatic heterocycles. The summed E-state index contributed by atoms with van der Waals surface area (Å²) in [5.74, 6) is 1.81. The highest BCUT2D eigenvalue weighted by atomic mass is 32.1. The number of hydrogen-bond acceptors (Lipinski definition) is 1. The molecule has 2 N–H and O–H groups in total. The molecule has 0 saturated heterocycles. The maximum absolute atomic E-state index is 5.37. The zero-order chi connectivity index (χ0) is 11.7. The lowest BCUT2D eigenvalue weighted by Crippen LogP contribution is -2.40. The fourth-order valence-corrected chi connectivity index (χ4v) is 3.55. The van der Waals surface area contributed by atoms with E-state index in [1.165, 1.54) is 25.7 Å². The zero-order valence-electron chi connectivity index (χ0n) is 9.86. The molecule has 17 heavy (non-hydrogen) atoms. The third-order valence-corrected chi connectivity index (χ3v) is 4.31. The Labute approximate surface area is 108 Å². The lowest BCUT2D eigenvalue weighted by Gasteiger charge is -2.24. The minimum atomic E-state index is 0.609. The molecule has 0 heterocycles. The van der Waals surface area contributed by atoms with Crippen molar-refractivity contribution in [1.82, 2.24) is 5.32 Å². The van der Waals surface area contributed by atoms with Gasteiger partial charge < -0.3 is 10.6 Å². The fraction of sp³-hybridized carbons (Fsp3) is 0.500. The van der Waals surface area contributed by atoms with Gasteiger partial charge in [0.25, 0.3) is 0 Å². The molecule has 0 radical (unpaired) electrons. The molecule has 2 bridgehead atoms. The van der Waals surface area contributed by atoms with Gasteiger partial charge >= 0.3 is 0 Å². The van der Waals surface area contributed by atoms with Crippen molar-refractivity contribution < 1.29 is 0 Å². The third-order valence-electron chi connectivity index (χ3n) is 4.09. The minimum absolute atomic E-state index is 0.609. The van der Waals surface area contributed by atoms with Gasteiger partial charge in [-0.1, -0.05) is 24.6 Å². The number of para-hydroxylation sites is 1. The van der Waals surface area contributed by atoms with Gasteiger partial charge in [0.2, 0.25) is 0 Å². The van der Waals surface area contributed by atoms with Crippen LogP contribution in [0.15, 0.2) is 30.3 Å². The van der Waals surface area contributed by atoms with Gasteiger partial charge in [0, 0.05) is 11.7 Å². The van der Waals surface area contributed by atoms with E-state index in [2.05, 4.69) is 10.6 Å². The molecule has 3 atom stereocenters. The topological polar surface area (TPSA) is 24.1 Å². The highest BCUT2D eigenvalue weighted by molar-refractivity contribution is 7.80. The van der Waals surface area contributed by atoms with Crippen molar-refractivity contribution in [3.05, 3.63) is 30.3 Å². The van der Waals surface area contributed by atoms with Crippen molar-refractivity contribution >= 4 is 23.0 Å². The largest absolute Gasteiger partial charge is 0.359 e. The highest BCUT2D eigenvalue weighted by Gasteiger charge is 2.39. The van der Waals surface area contributed by atoms with E-state index in [0.717, 1.165) is 22.6 Å². The van der Waals surface area contributed by atoms with E-state index in [0.29, 0.717) is 6.04 Å². The Morgan fingerprint density at radius 2 is 1.94 bits per heavy atom. The predicted octanol–water partition coefficient (Wildman–Crippen LogP) is 3.16. The standard InChI is InChI=1S/C14H18N2S/c17-14(15-12-4-2-1-3-5-12)16-13-9-10-6-7-11(13)8-10/h1-5,10-11,13H,6-9H2,(H2,15,16,17)/t10-,11+,13-/m0/s1. The summed E-state index contributed by atoms with van der Waals surface area (Å²) in [6.07, 6.45) is 5.53. The van der Waals surface area contributed by atoms with Crippen molar-refractivity contribution in [2.75, 3.05) is 5.32 Å². The number of benzene rings is 1. The molecular weight excluding hydrogens is 228 g/mol. The Morgan fingerprint density at radius 1 is 1.12 bits per heavy atom. The van der Waals surface area contributed by atoms with Crippen molar-refractivity contribution in [2.24, 2.45) is 11.8 Å². The van der Waals surface area contributed by atoms with Crippen LogP contribution < -0.4 is 10.6 Å². The first-order chi connectivity index (χ1) is 8.31. The van der Waals surface area contributed by atoms with Gasteiger partial charge in [-0.05, 0) is 55.4 Å². The van der Waals surface area contributed by atoms with E-state index in [9.17, 15) is 0 Å². The molecule has 2 aliphatic carbocycles. The Morgan fingerprint density at radius 3 is 2.59 bits per heavy atom. The maximum atomic E-state index is 5.37. The second kappa shape index (κ2) is 4.65. The van der Waals surface area contributed by atoms with Crippen molar-refractivity contribution in [2.45, 2.75) is 31.7 Å². The molecule has 2 aliphatic rings. The van der Waals surface area contributed by atoms with Gasteiger partial charge in [0.1, 0.15) is 0 Å². The van der Waals surface area contributed by atoms with Crippen molar-refractivity contribution in [1.29, 1.82) is 0 Å². The quantitative estimate of drug-likeness (QED) is 0.784. The van der Waals surface area contributed by atoms with Crippen LogP contribution in [0.1, 0.15) is 25.7 Å². The number of fused-ring (bicyclic) bond motifs is 2. The van der Waals surface area contributed by atoms with Gasteiger partial charge in [-0.3, -0.25) is 0 Å². The molecule has 2 saturated carbocycles. The normalized spacial score (nSPS) is 30.2. The molecule has 1 aromatic rings. The highest BCUT2D eigenvalue weighted by Crippen LogP contribution is 2.44. The summed E-state index contributed by atoms with van der Waals surface area (Å²) in [6.45, 7) is 0. The van der Waals surface area contributed by atoms with Gasteiger partial charge in [-0.2, -0.15) is 0 Å². The maximum Gasteiger partial charge on any atom is 0.171 e. The molecule has 0 spiro atoms. The average molecular weight is 246 g/mol. The molecule has 0 aliphatic heterocycles. The Hall–Kier alpha value is -1.09. The van der Waals surface area contributed by atoms with Gasteiger partial charge in [-0.15, -0.1) is 0 Å². The number of nitrogens with one attached hydrogen (secondary N) is 2. The van der Waals surface area contributed by atoms with Gasteiger partial charge in [0.15, 0.2) is 5.11 Å². The second-order valence-corrected chi connectivity index (χ2v) is 5.65. The molecule has 0 unspecified atom stereocenters. The molecule has 90 valence electrons. The average Bonchev–Trinajstić information content (AvgIpc) is 2.92. The first-order valence-corrected chi connectivity index (χ1v) is 6.84. The third kappa shape index (κ3) is 2.44. The van der Waals surface area contributed by atoms with Gasteiger partial charge in [-0.25, -0.2) is 0 Å². The SMILES string of the molecule is S=C(Nc1ccccc1)N[C@H]1C[C@H]2CC[C@@H]1C2. The lowest BCUT2D eigenvalue weighted by molar-refractivity contribution is 0.392. The van der Waals surface area contributed by atoms with Crippen LogP contribution in [0.2, 0.25) is 0 Å². The van der Waals surface area contributed by atoms with Crippen LogP contribution in [0.4, 0.5) is 5.69 Å². The fourth-order valence-electron chi connectivity index (χ4n) is 3.28. The molecule has 1 aromatic carbocycles. The summed E-state index contributed by atoms with van der Waals surface area (Å²) in [4.78, 5) is 0. The van der Waals surface area contributed by atoms with Crippen LogP contribution in [-0.2, 0) is 0 Å². The van der Waals surface area contributed by atoms with E-state index in [1.54, 1.807) is 0 Å². The van der Waals surface area contributed by atoms with Crippen molar-refractivity contribution in [3.8, 4) is 0 Å². The predicted molar refractivity (Wildman–Crippen MR) is 75.0 cm³/mol. The second-order valence-electron chi connectivity index (χ2n) is 5.25. The Kier molecular flexibility index (Phi) is 3.02. The van der Waals surface area contributed by atoms with Crippen LogP contribution in [-0.4, -0.2) is 11.2 Å². The Balaban J connectivity index is 1.54. The van der Waals surface area contributed by atoms with Crippen LogP contribution in [0.3, 0.4) is 0 Å². The van der Waals surface area contributed by atoms with Crippen molar-refractivity contribution in [3.63, 3.8) is 0 Å². The van der Waals surface area contributed by atoms with E-state index < -0.39 is 0 Å². The summed E-state index contributed by atoms with van der Waals surface area (Å²) in [7, 11) is 0. The molecule has 3 rings (SSSR count). The van der Waals surface area contributed by atoms with Crippen LogP contribution >= 0.6 is 12.2 Å². The monoisotopic (exact) mass is 246 g/mol. The number of thiocarbonyl (C=S) groups is 1. The number of hydrogen-bond donors (Lipinski definition) is 2. The summed E-state index contributed by atoms with van der Waals surface area (Å²) >= 11 is 5.37. The van der Waals surface area contributed by atoms with E-state index in [-0.39, 0.29) is 0 Å². The molecule has 0 amide bonds. The summed E-state index contributed by atoms with van der Waals surface area (Å²) in [6, 6.07) is 10.7. The van der Waals surface area contributed by atoms with E-state index in [1.807, 2.05) is 30.3 Å². The van der Waals surface area contributed by atoms with Crippen LogP contribution in [0.5, 0.6) is 0 Å². The number of rotatable bonds is 2. The summed E-state index contributed by atoms with van der Waals surface area (Å²) in [5.41, 5.74) is 1.06. The van der Waals surface area contributed by atoms with Crippen LogP contribution in [0.25, 0.3) is 0 Å². The smallest absolute Gasteiger partial charge is 0.171 e. The molecule has 2 fully saturated rings. The first-order valence-electron chi connectivity index (χ1n) is 6.44. The van der Waals surface area contributed by atoms with E-state index >= 15 is 0 Å². The Bertz CT molecular complexity index is 404. The lowest BCUT2D eigenvalue weighted by atomic mass is 9.96. The summed E-state index contributed by atoms with van der Waals surface area (Å²) in [5, 5.41) is 7.50. The molecule has 3 heteroatoms.